The first-order chi connectivity index (χ1) is 14.6. The van der Waals surface area contributed by atoms with Crippen molar-refractivity contribution in [3.05, 3.63) is 72.4 Å². The van der Waals surface area contributed by atoms with Gasteiger partial charge in [-0.2, -0.15) is 17.5 Å². The van der Waals surface area contributed by atoms with Gasteiger partial charge in [-0.25, -0.2) is 13.4 Å². The van der Waals surface area contributed by atoms with Crippen molar-refractivity contribution in [3.8, 4) is 0 Å². The van der Waals surface area contributed by atoms with Crippen LogP contribution in [-0.4, -0.2) is 46.4 Å². The highest BCUT2D eigenvalue weighted by Gasteiger charge is 2.41. The Morgan fingerprint density at radius 1 is 1.13 bits per heavy atom. The summed E-state index contributed by atoms with van der Waals surface area (Å²) in [4.78, 5) is 7.64. The number of aryl methyl sites for hydroxylation is 1. The maximum absolute atomic E-state index is 13.1. The summed E-state index contributed by atoms with van der Waals surface area (Å²) >= 11 is 0. The number of rotatable bonds is 5. The topological polar surface area (TPSA) is 80.1 Å². The van der Waals surface area contributed by atoms with Crippen LogP contribution in [0, 0.1) is 0 Å². The van der Waals surface area contributed by atoms with Crippen LogP contribution in [0.1, 0.15) is 17.0 Å². The van der Waals surface area contributed by atoms with Gasteiger partial charge in [-0.15, -0.1) is 0 Å². The standard InChI is InChI=1S/C20H20F3N5O2S/c1-27-12-19(25-13-27)31(29,30)28-10-17(14-5-3-2-4-6-14)18(11-28)26-16-7-15(8-24-9-16)20(21,22)23/h2-9,12-13,17-18,26H,10-11H2,1H3. The first-order valence-electron chi connectivity index (χ1n) is 9.46. The van der Waals surface area contributed by atoms with Crippen LogP contribution in [0.3, 0.4) is 0 Å². The lowest BCUT2D eigenvalue weighted by molar-refractivity contribution is -0.137. The molecule has 0 amide bonds. The molecular formula is C20H20F3N5O2S. The highest BCUT2D eigenvalue weighted by Crippen LogP contribution is 2.34. The lowest BCUT2D eigenvalue weighted by Crippen LogP contribution is -2.32. The third kappa shape index (κ3) is 4.42. The predicted octanol–water partition coefficient (Wildman–Crippen LogP) is 3.10. The summed E-state index contributed by atoms with van der Waals surface area (Å²) in [6, 6.07) is 9.81. The van der Waals surface area contributed by atoms with Crippen LogP contribution < -0.4 is 5.32 Å². The summed E-state index contributed by atoms with van der Waals surface area (Å²) < 4.78 is 68.2. The second-order valence-electron chi connectivity index (χ2n) is 7.43. The lowest BCUT2D eigenvalue weighted by Gasteiger charge is -2.21. The quantitative estimate of drug-likeness (QED) is 0.645. The number of benzene rings is 1. The Labute approximate surface area is 177 Å². The van der Waals surface area contributed by atoms with E-state index in [9.17, 15) is 21.6 Å². The van der Waals surface area contributed by atoms with Crippen molar-refractivity contribution >= 4 is 15.7 Å². The van der Waals surface area contributed by atoms with Crippen molar-refractivity contribution < 1.29 is 21.6 Å². The molecule has 1 aliphatic rings. The second-order valence-corrected chi connectivity index (χ2v) is 9.31. The minimum atomic E-state index is -4.52. The summed E-state index contributed by atoms with van der Waals surface area (Å²) in [5, 5.41) is 3.00. The average molecular weight is 451 g/mol. The number of imidazole rings is 1. The van der Waals surface area contributed by atoms with Crippen molar-refractivity contribution in [1.82, 2.24) is 18.8 Å². The monoisotopic (exact) mass is 451 g/mol. The molecule has 1 N–H and O–H groups in total. The van der Waals surface area contributed by atoms with Gasteiger partial charge in [0.05, 0.1) is 17.6 Å². The van der Waals surface area contributed by atoms with E-state index in [1.54, 1.807) is 11.6 Å². The van der Waals surface area contributed by atoms with Gasteiger partial charge in [0.25, 0.3) is 10.0 Å². The van der Waals surface area contributed by atoms with Crippen LogP contribution in [0.5, 0.6) is 0 Å². The van der Waals surface area contributed by atoms with Crippen LogP contribution >= 0.6 is 0 Å². The van der Waals surface area contributed by atoms with E-state index in [1.807, 2.05) is 30.3 Å². The van der Waals surface area contributed by atoms with Gasteiger partial charge in [0.15, 0.2) is 5.03 Å². The molecule has 4 rings (SSSR count). The molecule has 31 heavy (non-hydrogen) atoms. The van der Waals surface area contributed by atoms with Crippen LogP contribution in [0.4, 0.5) is 18.9 Å². The molecule has 11 heteroatoms. The summed E-state index contributed by atoms with van der Waals surface area (Å²) in [5.74, 6) is -0.269. The fourth-order valence-corrected chi connectivity index (χ4v) is 5.15. The van der Waals surface area contributed by atoms with Gasteiger partial charge < -0.3 is 9.88 Å². The number of halogens is 3. The van der Waals surface area contributed by atoms with E-state index >= 15 is 0 Å². The van der Waals surface area contributed by atoms with E-state index in [4.69, 9.17) is 0 Å². The summed E-state index contributed by atoms with van der Waals surface area (Å²) in [5.41, 5.74) is 0.196. The molecule has 1 aromatic carbocycles. The second kappa shape index (κ2) is 7.97. The average Bonchev–Trinajstić information content (AvgIpc) is 3.36. The highest BCUT2D eigenvalue weighted by atomic mass is 32.2. The molecule has 2 aromatic heterocycles. The molecule has 1 fully saturated rings. The molecule has 1 aliphatic heterocycles. The molecule has 0 saturated carbocycles. The number of alkyl halides is 3. The van der Waals surface area contributed by atoms with E-state index < -0.39 is 27.8 Å². The molecule has 0 aliphatic carbocycles. The molecular weight excluding hydrogens is 431 g/mol. The van der Waals surface area contributed by atoms with Gasteiger partial charge >= 0.3 is 6.18 Å². The molecule has 2 atom stereocenters. The normalized spacial score (nSPS) is 20.1. The van der Waals surface area contributed by atoms with Crippen LogP contribution in [-0.2, 0) is 23.2 Å². The largest absolute Gasteiger partial charge is 0.417 e. The van der Waals surface area contributed by atoms with Crippen LogP contribution in [0.25, 0.3) is 0 Å². The fraction of sp³-hybridized carbons (Fsp3) is 0.300. The number of nitrogens with zero attached hydrogens (tertiary/aromatic N) is 4. The van der Waals surface area contributed by atoms with Gasteiger partial charge in [0.1, 0.15) is 0 Å². The number of aromatic nitrogens is 3. The first-order valence-corrected chi connectivity index (χ1v) is 10.9. The zero-order chi connectivity index (χ0) is 22.2. The lowest BCUT2D eigenvalue weighted by atomic mass is 9.94. The number of anilines is 1. The zero-order valence-corrected chi connectivity index (χ0v) is 17.3. The van der Waals surface area contributed by atoms with Gasteiger partial charge in [-0.05, 0) is 11.6 Å². The number of hydrogen-bond acceptors (Lipinski definition) is 5. The summed E-state index contributed by atoms with van der Waals surface area (Å²) in [7, 11) is -2.18. The minimum absolute atomic E-state index is 0.0665. The maximum Gasteiger partial charge on any atom is 0.417 e. The molecule has 2 unspecified atom stereocenters. The van der Waals surface area contributed by atoms with E-state index in [1.165, 1.54) is 23.0 Å². The Kier molecular flexibility index (Phi) is 5.48. The summed E-state index contributed by atoms with van der Waals surface area (Å²) in [6.07, 6.45) is 0.360. The molecule has 0 radical (unpaired) electrons. The van der Waals surface area contributed by atoms with E-state index in [0.29, 0.717) is 0 Å². The number of nitrogens with one attached hydrogen (secondary N) is 1. The van der Waals surface area contributed by atoms with Gasteiger partial charge in [-0.3, -0.25) is 4.98 Å². The molecule has 0 bridgehead atoms. The van der Waals surface area contributed by atoms with Crippen molar-refractivity contribution in [3.63, 3.8) is 0 Å². The van der Waals surface area contributed by atoms with E-state index in [0.717, 1.165) is 17.8 Å². The molecule has 3 heterocycles. The molecule has 7 nitrogen and oxygen atoms in total. The van der Waals surface area contributed by atoms with Crippen molar-refractivity contribution in [2.24, 2.45) is 7.05 Å². The Hall–Kier alpha value is -2.92. The third-order valence-corrected chi connectivity index (χ3v) is 6.93. The van der Waals surface area contributed by atoms with Crippen molar-refractivity contribution in [2.75, 3.05) is 18.4 Å². The smallest absolute Gasteiger partial charge is 0.379 e. The SMILES string of the molecule is Cn1cnc(S(=O)(=O)N2CC(Nc3cncc(C(F)(F)F)c3)C(c3ccccc3)C2)c1. The van der Waals surface area contributed by atoms with Gasteiger partial charge in [0.2, 0.25) is 0 Å². The van der Waals surface area contributed by atoms with Crippen LogP contribution in [0.15, 0.2) is 66.3 Å². The Morgan fingerprint density at radius 2 is 1.87 bits per heavy atom. The summed E-state index contributed by atoms with van der Waals surface area (Å²) in [6.45, 7) is 0.252. The predicted molar refractivity (Wildman–Crippen MR) is 108 cm³/mol. The Bertz CT molecular complexity index is 1160. The van der Waals surface area contributed by atoms with Crippen molar-refractivity contribution in [2.45, 2.75) is 23.2 Å². The molecule has 3 aromatic rings. The molecule has 0 spiro atoms. The number of sulfonamides is 1. The fourth-order valence-electron chi connectivity index (χ4n) is 3.69. The Morgan fingerprint density at radius 3 is 2.52 bits per heavy atom. The minimum Gasteiger partial charge on any atom is -0.379 e. The van der Waals surface area contributed by atoms with E-state index in [2.05, 4.69) is 15.3 Å². The highest BCUT2D eigenvalue weighted by molar-refractivity contribution is 7.89. The molecule has 1 saturated heterocycles. The van der Waals surface area contributed by atoms with Crippen molar-refractivity contribution in [1.29, 1.82) is 0 Å². The number of pyridine rings is 1. The molecule has 164 valence electrons. The first kappa shape index (κ1) is 21.3. The Balaban J connectivity index is 1.65. The van der Waals surface area contributed by atoms with Gasteiger partial charge in [0, 0.05) is 50.7 Å². The maximum atomic E-state index is 13.1. The van der Waals surface area contributed by atoms with Crippen LogP contribution in [0.2, 0.25) is 0 Å². The van der Waals surface area contributed by atoms with E-state index in [-0.39, 0.29) is 29.7 Å². The number of hydrogen-bond donors (Lipinski definition) is 1. The van der Waals surface area contributed by atoms with Gasteiger partial charge in [-0.1, -0.05) is 30.3 Å². The zero-order valence-electron chi connectivity index (χ0n) is 16.5. The third-order valence-electron chi connectivity index (χ3n) is 5.22.